The molecule has 3 atom stereocenters. The number of nitrogens with zero attached hydrogens (tertiary/aromatic N) is 2. The van der Waals surface area contributed by atoms with Gasteiger partial charge in [0, 0.05) is 16.0 Å². The van der Waals surface area contributed by atoms with Crippen molar-refractivity contribution in [3.05, 3.63) is 76.0 Å². The highest BCUT2D eigenvalue weighted by Crippen LogP contribution is 2.60. The summed E-state index contributed by atoms with van der Waals surface area (Å²) in [5, 5.41) is 5.16. The molecule has 3 aliphatic rings. The van der Waals surface area contributed by atoms with Crippen molar-refractivity contribution in [3.8, 4) is 5.75 Å². The van der Waals surface area contributed by atoms with Crippen molar-refractivity contribution in [2.24, 2.45) is 0 Å². The highest BCUT2D eigenvalue weighted by atomic mass is 35.5. The lowest BCUT2D eigenvalue weighted by Crippen LogP contribution is -2.70. The second kappa shape index (κ2) is 5.99. The Morgan fingerprint density at radius 1 is 1.15 bits per heavy atom. The first-order valence-electron chi connectivity index (χ1n) is 8.28. The summed E-state index contributed by atoms with van der Waals surface area (Å²) in [6.45, 7) is 0. The first kappa shape index (κ1) is 17.1. The SMILES string of the molecule is COc1ccc([C@]23OC4=CS[C@@H](c5ccc(Cl)cc5)N4N2C(=O)[C@H]3Cl)cc1. The molecule has 0 aliphatic carbocycles. The molecule has 0 N–H and O–H groups in total. The summed E-state index contributed by atoms with van der Waals surface area (Å²) < 4.78 is 11.5. The number of hydrazine groups is 1. The molecular weight excluding hydrogens is 407 g/mol. The number of hydrogen-bond donors (Lipinski definition) is 0. The van der Waals surface area contributed by atoms with Crippen molar-refractivity contribution in [1.82, 2.24) is 10.0 Å². The molecule has 0 aromatic heterocycles. The number of amides is 1. The number of benzene rings is 2. The fourth-order valence-electron chi connectivity index (χ4n) is 3.63. The number of halogens is 2. The summed E-state index contributed by atoms with van der Waals surface area (Å²) >= 11 is 14.1. The van der Waals surface area contributed by atoms with Crippen LogP contribution in [0.1, 0.15) is 16.5 Å². The summed E-state index contributed by atoms with van der Waals surface area (Å²) in [6.07, 6.45) is 0. The molecule has 2 saturated heterocycles. The van der Waals surface area contributed by atoms with Gasteiger partial charge in [-0.1, -0.05) is 35.5 Å². The lowest BCUT2D eigenvalue weighted by molar-refractivity contribution is -0.206. The van der Waals surface area contributed by atoms with Gasteiger partial charge in [-0.25, -0.2) is 5.01 Å². The lowest BCUT2D eigenvalue weighted by atomic mass is 9.90. The maximum Gasteiger partial charge on any atom is 0.269 e. The van der Waals surface area contributed by atoms with E-state index < -0.39 is 11.1 Å². The van der Waals surface area contributed by atoms with Gasteiger partial charge in [-0.3, -0.25) is 4.79 Å². The van der Waals surface area contributed by atoms with Gasteiger partial charge in [0.15, 0.2) is 5.38 Å². The van der Waals surface area contributed by atoms with E-state index in [0.717, 1.165) is 16.9 Å². The third-order valence-electron chi connectivity index (χ3n) is 4.96. The molecule has 0 saturated carbocycles. The standard InChI is InChI=1S/C19H14Cl2N2O3S/c1-25-14-8-4-12(5-9-14)19-16(21)17(24)23(19)22-15(26-19)10-27-18(22)11-2-6-13(20)7-3-11/h2-10,16,18H,1H3/t16-,18+,19-/m1/s1. The van der Waals surface area contributed by atoms with Crippen molar-refractivity contribution in [3.63, 3.8) is 0 Å². The maximum atomic E-state index is 12.7. The van der Waals surface area contributed by atoms with Crippen LogP contribution >= 0.6 is 35.0 Å². The van der Waals surface area contributed by atoms with Crippen LogP contribution in [0.5, 0.6) is 5.75 Å². The molecule has 3 aliphatic heterocycles. The maximum absolute atomic E-state index is 12.7. The molecule has 0 spiro atoms. The van der Waals surface area contributed by atoms with Crippen LogP contribution in [0.25, 0.3) is 0 Å². The van der Waals surface area contributed by atoms with Crippen LogP contribution in [0.3, 0.4) is 0 Å². The number of carbonyl (C=O) groups is 1. The molecule has 5 rings (SSSR count). The van der Waals surface area contributed by atoms with Crippen LogP contribution in [0.2, 0.25) is 5.02 Å². The molecule has 2 fully saturated rings. The third kappa shape index (κ3) is 2.24. The van der Waals surface area contributed by atoms with E-state index in [4.69, 9.17) is 32.7 Å². The number of carbonyl (C=O) groups excluding carboxylic acids is 1. The van der Waals surface area contributed by atoms with Gasteiger partial charge in [0.05, 0.1) is 7.11 Å². The average Bonchev–Trinajstić information content (AvgIpc) is 3.23. The van der Waals surface area contributed by atoms with Crippen molar-refractivity contribution in [2.45, 2.75) is 16.5 Å². The number of β-lactam (4-membered cyclic amide) rings is 1. The molecule has 138 valence electrons. The quantitative estimate of drug-likeness (QED) is 0.542. The Labute approximate surface area is 170 Å². The van der Waals surface area contributed by atoms with Crippen LogP contribution in [-0.2, 0) is 15.3 Å². The van der Waals surface area contributed by atoms with E-state index in [1.54, 1.807) is 23.9 Å². The van der Waals surface area contributed by atoms with Crippen LogP contribution < -0.4 is 4.74 Å². The molecule has 5 nitrogen and oxygen atoms in total. The van der Waals surface area contributed by atoms with Crippen molar-refractivity contribution in [1.29, 1.82) is 0 Å². The number of hydrogen-bond acceptors (Lipinski definition) is 5. The third-order valence-corrected chi connectivity index (χ3v) is 6.77. The van der Waals surface area contributed by atoms with Gasteiger partial charge in [-0.05, 0) is 42.0 Å². The summed E-state index contributed by atoms with van der Waals surface area (Å²) in [7, 11) is 1.61. The number of rotatable bonds is 3. The van der Waals surface area contributed by atoms with Gasteiger partial charge in [0.25, 0.3) is 11.6 Å². The molecule has 0 bridgehead atoms. The minimum absolute atomic E-state index is 0.120. The molecule has 0 unspecified atom stereocenters. The number of methoxy groups -OCH3 is 1. The molecule has 8 heteroatoms. The number of ether oxygens (including phenoxy) is 2. The first-order chi connectivity index (χ1) is 13.1. The topological polar surface area (TPSA) is 42.0 Å². The number of alkyl halides is 1. The fraction of sp³-hybridized carbons (Fsp3) is 0.211. The first-order valence-corrected chi connectivity index (χ1v) is 10.0. The Balaban J connectivity index is 1.55. The molecule has 1 amide bonds. The zero-order valence-electron chi connectivity index (χ0n) is 14.1. The largest absolute Gasteiger partial charge is 0.497 e. The zero-order valence-corrected chi connectivity index (χ0v) is 16.5. The van der Waals surface area contributed by atoms with Crippen molar-refractivity contribution < 1.29 is 14.3 Å². The zero-order chi connectivity index (χ0) is 18.8. The van der Waals surface area contributed by atoms with E-state index in [0.29, 0.717) is 10.9 Å². The van der Waals surface area contributed by atoms with E-state index >= 15 is 0 Å². The summed E-state index contributed by atoms with van der Waals surface area (Å²) in [6, 6.07) is 15.0. The summed E-state index contributed by atoms with van der Waals surface area (Å²) in [5.41, 5.74) is 0.788. The van der Waals surface area contributed by atoms with Crippen LogP contribution in [0.4, 0.5) is 0 Å². The molecule has 27 heavy (non-hydrogen) atoms. The normalized spacial score (nSPS) is 28.3. The Morgan fingerprint density at radius 3 is 2.52 bits per heavy atom. The van der Waals surface area contributed by atoms with Crippen molar-refractivity contribution in [2.75, 3.05) is 7.11 Å². The monoisotopic (exact) mass is 420 g/mol. The average molecular weight is 421 g/mol. The van der Waals surface area contributed by atoms with Gasteiger partial charge in [0.2, 0.25) is 5.88 Å². The van der Waals surface area contributed by atoms with Crippen LogP contribution in [-0.4, -0.2) is 28.4 Å². The van der Waals surface area contributed by atoms with Gasteiger partial charge < -0.3 is 9.47 Å². The predicted molar refractivity (Wildman–Crippen MR) is 104 cm³/mol. The van der Waals surface area contributed by atoms with Gasteiger partial charge in [-0.15, -0.1) is 11.6 Å². The predicted octanol–water partition coefficient (Wildman–Crippen LogP) is 4.44. The number of fused-ring (bicyclic) bond motifs is 3. The molecule has 3 heterocycles. The van der Waals surface area contributed by atoms with Gasteiger partial charge in [-0.2, -0.15) is 5.01 Å². The fourth-order valence-corrected chi connectivity index (χ4v) is 5.14. The molecule has 0 radical (unpaired) electrons. The Kier molecular flexibility index (Phi) is 3.79. The second-order valence-corrected chi connectivity index (χ2v) is 8.21. The smallest absolute Gasteiger partial charge is 0.269 e. The minimum atomic E-state index is -1.04. The van der Waals surface area contributed by atoms with Gasteiger partial charge in [0.1, 0.15) is 11.1 Å². The van der Waals surface area contributed by atoms with E-state index in [1.165, 1.54) is 0 Å². The highest BCUT2D eigenvalue weighted by Gasteiger charge is 2.72. The molecule has 2 aromatic carbocycles. The van der Waals surface area contributed by atoms with E-state index in [1.807, 2.05) is 58.9 Å². The van der Waals surface area contributed by atoms with Gasteiger partial charge >= 0.3 is 0 Å². The Bertz CT molecular complexity index is 950. The lowest BCUT2D eigenvalue weighted by Gasteiger charge is -2.50. The highest BCUT2D eigenvalue weighted by molar-refractivity contribution is 8.02. The minimum Gasteiger partial charge on any atom is -0.497 e. The Hall–Kier alpha value is -2.02. The number of thioether (sulfide) groups is 1. The van der Waals surface area contributed by atoms with Crippen LogP contribution in [0, 0.1) is 0 Å². The summed E-state index contributed by atoms with van der Waals surface area (Å²) in [4.78, 5) is 12.7. The van der Waals surface area contributed by atoms with Crippen molar-refractivity contribution >= 4 is 40.9 Å². The van der Waals surface area contributed by atoms with E-state index in [2.05, 4.69) is 0 Å². The second-order valence-electron chi connectivity index (χ2n) is 6.38. The molecular formula is C19H14Cl2N2O3S. The van der Waals surface area contributed by atoms with Crippen LogP contribution in [0.15, 0.2) is 59.8 Å². The van der Waals surface area contributed by atoms with E-state index in [9.17, 15) is 4.79 Å². The summed E-state index contributed by atoms with van der Waals surface area (Å²) in [5.74, 6) is 1.16. The Morgan fingerprint density at radius 2 is 1.85 bits per heavy atom. The van der Waals surface area contributed by atoms with E-state index in [-0.39, 0.29) is 11.3 Å². The molecule has 2 aromatic rings.